The molecular formula is C61H38N6O. The van der Waals surface area contributed by atoms with E-state index in [1.54, 1.807) is 0 Å². The number of nitrogens with zero attached hydrogens (tertiary/aromatic N) is 6. The summed E-state index contributed by atoms with van der Waals surface area (Å²) in [5.74, 6) is 5.21. The van der Waals surface area contributed by atoms with E-state index in [4.69, 9.17) is 34.6 Å². The topological polar surface area (TPSA) is 86.6 Å². The van der Waals surface area contributed by atoms with Crippen molar-refractivity contribution in [1.29, 1.82) is 0 Å². The van der Waals surface area contributed by atoms with Gasteiger partial charge in [0.1, 0.15) is 11.5 Å². The fraction of sp³-hybridized carbons (Fsp3) is 0.0164. The van der Waals surface area contributed by atoms with Gasteiger partial charge in [0.25, 0.3) is 0 Å². The standard InChI is InChI=1S/C61H38N6O/c1-5-18-39(19-6-1)43-26-17-27-44(36-43)58-63-57(42-24-11-4-12-25-42)64-59(67-58)45-33-35-49-48(37-45)47-34-32-46(38-52(47)61(49)50-28-13-15-30-53(50)68-54-31-16-14-29-51(54)61)60-65-55(40-20-7-2-8-21-40)62-56(66-60)41-22-9-3-10-23-41/h1-38H. The normalized spacial score (nSPS) is 12.6. The molecule has 1 aliphatic heterocycles. The molecule has 7 heteroatoms. The van der Waals surface area contributed by atoms with E-state index in [1.807, 2.05) is 109 Å². The zero-order valence-corrected chi connectivity index (χ0v) is 36.5. The summed E-state index contributed by atoms with van der Waals surface area (Å²) in [5, 5.41) is 0. The van der Waals surface area contributed by atoms with Gasteiger partial charge in [-0.15, -0.1) is 0 Å². The SMILES string of the molecule is c1ccc(-c2cccc(-c3nc(-c4ccccc4)nc(-c4ccc5c(c4)-c4ccc(-c6nc(-c7ccccc7)nc(-c7ccccc7)n6)cc4C54c5ccccc5Oc5ccccc54)n3)c2)cc1. The minimum Gasteiger partial charge on any atom is -0.457 e. The summed E-state index contributed by atoms with van der Waals surface area (Å²) in [6.07, 6.45) is 0. The van der Waals surface area contributed by atoms with Gasteiger partial charge in [-0.1, -0.05) is 200 Å². The van der Waals surface area contributed by atoms with Crippen LogP contribution in [0.15, 0.2) is 231 Å². The van der Waals surface area contributed by atoms with Gasteiger partial charge in [0.15, 0.2) is 34.9 Å². The molecule has 0 fully saturated rings. The molecule has 13 rings (SSSR count). The van der Waals surface area contributed by atoms with Crippen molar-refractivity contribution in [1.82, 2.24) is 29.9 Å². The molecule has 0 N–H and O–H groups in total. The Bertz CT molecular complexity index is 3610. The minimum atomic E-state index is -0.750. The summed E-state index contributed by atoms with van der Waals surface area (Å²) >= 11 is 0. The summed E-state index contributed by atoms with van der Waals surface area (Å²) < 4.78 is 6.72. The first-order valence-corrected chi connectivity index (χ1v) is 22.7. The Morgan fingerprint density at radius 1 is 0.235 bits per heavy atom. The molecule has 68 heavy (non-hydrogen) atoms. The lowest BCUT2D eigenvalue weighted by atomic mass is 9.66. The van der Waals surface area contributed by atoms with E-state index in [2.05, 4.69) is 121 Å². The average Bonchev–Trinajstić information content (AvgIpc) is 3.70. The first-order chi connectivity index (χ1) is 33.7. The molecule has 0 saturated carbocycles. The summed E-state index contributed by atoms with van der Waals surface area (Å²) in [5.41, 5.74) is 13.4. The summed E-state index contributed by atoms with van der Waals surface area (Å²) in [7, 11) is 0. The predicted octanol–water partition coefficient (Wildman–Crippen LogP) is 14.2. The quantitative estimate of drug-likeness (QED) is 0.158. The highest BCUT2D eigenvalue weighted by atomic mass is 16.5. The fourth-order valence-electron chi connectivity index (χ4n) is 9.94. The van der Waals surface area contributed by atoms with Gasteiger partial charge in [-0.2, -0.15) is 0 Å². The van der Waals surface area contributed by atoms with E-state index >= 15 is 0 Å². The highest BCUT2D eigenvalue weighted by Gasteiger charge is 2.51. The molecule has 2 aromatic heterocycles. The van der Waals surface area contributed by atoms with E-state index in [9.17, 15) is 0 Å². The van der Waals surface area contributed by atoms with E-state index in [1.165, 1.54) is 0 Å². The molecule has 1 aliphatic carbocycles. The van der Waals surface area contributed by atoms with Gasteiger partial charge in [-0.05, 0) is 63.7 Å². The minimum absolute atomic E-state index is 0.584. The maximum atomic E-state index is 6.72. The van der Waals surface area contributed by atoms with Crippen LogP contribution >= 0.6 is 0 Å². The first-order valence-electron chi connectivity index (χ1n) is 22.7. The monoisotopic (exact) mass is 870 g/mol. The summed E-state index contributed by atoms with van der Waals surface area (Å²) in [6, 6.07) is 79.2. The molecule has 0 unspecified atom stereocenters. The Balaban J connectivity index is 1.03. The van der Waals surface area contributed by atoms with Crippen LogP contribution in [0.2, 0.25) is 0 Å². The fourth-order valence-corrected chi connectivity index (χ4v) is 9.94. The van der Waals surface area contributed by atoms with Crippen molar-refractivity contribution in [3.05, 3.63) is 253 Å². The lowest BCUT2D eigenvalue weighted by Crippen LogP contribution is -2.32. The molecule has 3 heterocycles. The zero-order valence-electron chi connectivity index (χ0n) is 36.5. The van der Waals surface area contributed by atoms with Crippen molar-refractivity contribution in [3.63, 3.8) is 0 Å². The first kappa shape index (κ1) is 39.2. The second kappa shape index (κ2) is 16.0. The number of fused-ring (bicyclic) bond motifs is 9. The number of rotatable bonds is 7. The Kier molecular flexibility index (Phi) is 9.25. The predicted molar refractivity (Wildman–Crippen MR) is 269 cm³/mol. The molecule has 2 aliphatic rings. The highest BCUT2D eigenvalue weighted by Crippen LogP contribution is 2.62. The van der Waals surface area contributed by atoms with Gasteiger partial charge in [-0.25, -0.2) is 29.9 Å². The van der Waals surface area contributed by atoms with Crippen LogP contribution in [0.3, 0.4) is 0 Å². The second-order valence-corrected chi connectivity index (χ2v) is 17.0. The lowest BCUT2D eigenvalue weighted by Gasteiger charge is -2.39. The summed E-state index contributed by atoms with van der Waals surface area (Å²) in [6.45, 7) is 0. The molecule has 0 atom stereocenters. The van der Waals surface area contributed by atoms with Crippen LogP contribution in [0.5, 0.6) is 11.5 Å². The van der Waals surface area contributed by atoms with Crippen molar-refractivity contribution in [3.8, 4) is 102 Å². The Labute approximate surface area is 393 Å². The van der Waals surface area contributed by atoms with Crippen molar-refractivity contribution in [2.45, 2.75) is 5.41 Å². The van der Waals surface area contributed by atoms with Crippen LogP contribution < -0.4 is 4.74 Å². The van der Waals surface area contributed by atoms with Gasteiger partial charge in [0, 0.05) is 44.5 Å². The van der Waals surface area contributed by atoms with Crippen LogP contribution in [0.1, 0.15) is 22.3 Å². The third-order valence-electron chi connectivity index (χ3n) is 13.1. The van der Waals surface area contributed by atoms with E-state index < -0.39 is 5.41 Å². The Morgan fingerprint density at radius 2 is 0.618 bits per heavy atom. The Hall–Kier alpha value is -9.20. The number of hydrogen-bond donors (Lipinski definition) is 0. The molecule has 0 amide bonds. The molecule has 0 radical (unpaired) electrons. The van der Waals surface area contributed by atoms with Gasteiger partial charge in [-0.3, -0.25) is 0 Å². The number of hydrogen-bond acceptors (Lipinski definition) is 7. The van der Waals surface area contributed by atoms with Crippen LogP contribution in [-0.2, 0) is 5.41 Å². The van der Waals surface area contributed by atoms with Crippen molar-refractivity contribution in [2.75, 3.05) is 0 Å². The van der Waals surface area contributed by atoms with E-state index in [-0.39, 0.29) is 0 Å². The third kappa shape index (κ3) is 6.51. The van der Waals surface area contributed by atoms with Crippen LogP contribution in [0.4, 0.5) is 0 Å². The largest absolute Gasteiger partial charge is 0.457 e. The molecule has 7 nitrogen and oxygen atoms in total. The molecule has 9 aromatic carbocycles. The molecule has 11 aromatic rings. The van der Waals surface area contributed by atoms with Gasteiger partial charge in [0.05, 0.1) is 5.41 Å². The molecule has 0 bridgehead atoms. The maximum absolute atomic E-state index is 6.72. The van der Waals surface area contributed by atoms with Crippen LogP contribution in [0.25, 0.3) is 90.6 Å². The molecular weight excluding hydrogens is 833 g/mol. The number of benzene rings is 9. The lowest BCUT2D eigenvalue weighted by molar-refractivity contribution is 0.436. The van der Waals surface area contributed by atoms with Crippen molar-refractivity contribution in [2.24, 2.45) is 0 Å². The molecule has 0 saturated heterocycles. The number of aromatic nitrogens is 6. The zero-order chi connectivity index (χ0) is 45.0. The van der Waals surface area contributed by atoms with Crippen molar-refractivity contribution >= 4 is 0 Å². The van der Waals surface area contributed by atoms with Crippen LogP contribution in [-0.4, -0.2) is 29.9 Å². The number of para-hydroxylation sites is 2. The van der Waals surface area contributed by atoms with Gasteiger partial charge >= 0.3 is 0 Å². The second-order valence-electron chi connectivity index (χ2n) is 17.0. The number of ether oxygens (including phenoxy) is 1. The van der Waals surface area contributed by atoms with Gasteiger partial charge in [0.2, 0.25) is 0 Å². The third-order valence-corrected chi connectivity index (χ3v) is 13.1. The van der Waals surface area contributed by atoms with Crippen molar-refractivity contribution < 1.29 is 4.74 Å². The average molecular weight is 871 g/mol. The highest BCUT2D eigenvalue weighted by molar-refractivity contribution is 5.92. The Morgan fingerprint density at radius 3 is 1.13 bits per heavy atom. The van der Waals surface area contributed by atoms with Crippen LogP contribution in [0, 0.1) is 0 Å². The summed E-state index contributed by atoms with van der Waals surface area (Å²) in [4.78, 5) is 30.9. The maximum Gasteiger partial charge on any atom is 0.164 e. The smallest absolute Gasteiger partial charge is 0.164 e. The van der Waals surface area contributed by atoms with Gasteiger partial charge < -0.3 is 4.74 Å². The van der Waals surface area contributed by atoms with E-state index in [0.29, 0.717) is 34.9 Å². The molecule has 1 spiro atoms. The molecule has 318 valence electrons. The van der Waals surface area contributed by atoms with E-state index in [0.717, 1.165) is 89.4 Å².